The Morgan fingerprint density at radius 1 is 0.889 bits per heavy atom. The van der Waals surface area contributed by atoms with E-state index in [9.17, 15) is 8.42 Å². The van der Waals surface area contributed by atoms with Crippen LogP contribution in [0.15, 0.2) is 40.1 Å². The number of rotatable bonds is 2. The summed E-state index contributed by atoms with van der Waals surface area (Å²) in [5.41, 5.74) is 16.4. The zero-order valence-corrected chi connectivity index (χ0v) is 10.1. The van der Waals surface area contributed by atoms with E-state index < -0.39 is 9.84 Å². The minimum absolute atomic E-state index is 0.0665. The number of hydrogen-bond donors (Lipinski definition) is 3. The Morgan fingerprint density at radius 2 is 1.39 bits per heavy atom. The van der Waals surface area contributed by atoms with E-state index in [0.717, 1.165) is 0 Å². The number of nitrogen functional groups attached to an aromatic ring is 3. The lowest BCUT2D eigenvalue weighted by atomic mass is 10.4. The fourth-order valence-electron chi connectivity index (χ4n) is 1.50. The Hall–Kier alpha value is -2.35. The van der Waals surface area contributed by atoms with Crippen molar-refractivity contribution < 1.29 is 8.42 Å². The minimum Gasteiger partial charge on any atom is -0.382 e. The molecule has 2 rings (SSSR count). The first-order valence-corrected chi connectivity index (χ1v) is 6.40. The molecule has 0 atom stereocenters. The van der Waals surface area contributed by atoms with Crippen LogP contribution in [0, 0.1) is 0 Å². The quantitative estimate of drug-likeness (QED) is 0.697. The van der Waals surface area contributed by atoms with Gasteiger partial charge in [-0.2, -0.15) is 9.97 Å². The fourth-order valence-corrected chi connectivity index (χ4v) is 2.89. The van der Waals surface area contributed by atoms with Crippen LogP contribution in [-0.4, -0.2) is 18.4 Å². The molecule has 94 valence electrons. The zero-order chi connectivity index (χ0) is 13.3. The number of aromatic nitrogens is 2. The fraction of sp³-hybridized carbons (Fsp3) is 0. The second-order valence-electron chi connectivity index (χ2n) is 3.50. The molecule has 0 bridgehead atoms. The van der Waals surface area contributed by atoms with Crippen LogP contribution < -0.4 is 17.2 Å². The number of nitrogens with two attached hydrogens (primary N) is 3. The predicted molar refractivity (Wildman–Crippen MR) is 67.2 cm³/mol. The highest BCUT2D eigenvalue weighted by molar-refractivity contribution is 7.91. The summed E-state index contributed by atoms with van der Waals surface area (Å²) >= 11 is 0. The first-order valence-electron chi connectivity index (χ1n) is 4.91. The monoisotopic (exact) mass is 265 g/mol. The highest BCUT2D eigenvalue weighted by Crippen LogP contribution is 2.28. The molecule has 2 aromatic rings. The third-order valence-corrected chi connectivity index (χ3v) is 4.11. The van der Waals surface area contributed by atoms with Crippen LogP contribution in [0.3, 0.4) is 0 Å². The van der Waals surface area contributed by atoms with Gasteiger partial charge in [-0.3, -0.25) is 0 Å². The van der Waals surface area contributed by atoms with E-state index in [-0.39, 0.29) is 27.4 Å². The Balaban J connectivity index is 2.70. The van der Waals surface area contributed by atoms with Crippen LogP contribution in [0.2, 0.25) is 0 Å². The van der Waals surface area contributed by atoms with E-state index >= 15 is 0 Å². The van der Waals surface area contributed by atoms with Crippen molar-refractivity contribution in [1.82, 2.24) is 9.97 Å². The minimum atomic E-state index is -3.85. The summed E-state index contributed by atoms with van der Waals surface area (Å²) in [6.07, 6.45) is 0. The molecule has 8 heteroatoms. The summed E-state index contributed by atoms with van der Waals surface area (Å²) in [5.74, 6) is -0.690. The Bertz CT molecular complexity index is 662. The SMILES string of the molecule is Nc1nc(N)c(S(=O)(=O)c2ccccc2)c(N)n1. The number of sulfone groups is 1. The summed E-state index contributed by atoms with van der Waals surface area (Å²) in [4.78, 5) is 6.97. The maximum absolute atomic E-state index is 12.3. The van der Waals surface area contributed by atoms with Crippen molar-refractivity contribution in [2.75, 3.05) is 17.2 Å². The number of anilines is 3. The number of nitrogens with zero attached hydrogens (tertiary/aromatic N) is 2. The molecule has 7 nitrogen and oxygen atoms in total. The largest absolute Gasteiger partial charge is 0.382 e. The molecular weight excluding hydrogens is 254 g/mol. The van der Waals surface area contributed by atoms with Crippen LogP contribution in [-0.2, 0) is 9.84 Å². The van der Waals surface area contributed by atoms with Gasteiger partial charge in [-0.25, -0.2) is 8.42 Å². The second kappa shape index (κ2) is 4.15. The Kier molecular flexibility index (Phi) is 2.79. The van der Waals surface area contributed by atoms with Gasteiger partial charge in [-0.15, -0.1) is 0 Å². The van der Waals surface area contributed by atoms with E-state index in [2.05, 4.69) is 9.97 Å². The van der Waals surface area contributed by atoms with Gasteiger partial charge in [0, 0.05) is 0 Å². The van der Waals surface area contributed by atoms with Crippen molar-refractivity contribution >= 4 is 27.4 Å². The van der Waals surface area contributed by atoms with Gasteiger partial charge < -0.3 is 17.2 Å². The van der Waals surface area contributed by atoms with Crippen LogP contribution >= 0.6 is 0 Å². The molecule has 0 unspecified atom stereocenters. The van der Waals surface area contributed by atoms with Crippen molar-refractivity contribution in [1.29, 1.82) is 0 Å². The average Bonchev–Trinajstić information content (AvgIpc) is 2.28. The number of hydrogen-bond acceptors (Lipinski definition) is 7. The van der Waals surface area contributed by atoms with E-state index in [4.69, 9.17) is 17.2 Å². The number of benzene rings is 1. The van der Waals surface area contributed by atoms with Gasteiger partial charge >= 0.3 is 0 Å². The maximum Gasteiger partial charge on any atom is 0.224 e. The summed E-state index contributed by atoms with van der Waals surface area (Å²) < 4.78 is 24.6. The molecule has 6 N–H and O–H groups in total. The highest BCUT2D eigenvalue weighted by Gasteiger charge is 2.25. The molecule has 1 aromatic carbocycles. The standard InChI is InChI=1S/C10H11N5O2S/c11-8-7(9(12)15-10(13)14-8)18(16,17)6-4-2-1-3-5-6/h1-5H,(H6,11,12,13,14,15). The van der Waals surface area contributed by atoms with Crippen LogP contribution in [0.1, 0.15) is 0 Å². The van der Waals surface area contributed by atoms with Crippen molar-refractivity contribution in [3.05, 3.63) is 30.3 Å². The molecule has 0 fully saturated rings. The molecule has 0 spiro atoms. The van der Waals surface area contributed by atoms with Crippen molar-refractivity contribution in [2.45, 2.75) is 9.79 Å². The second-order valence-corrected chi connectivity index (χ2v) is 5.38. The van der Waals surface area contributed by atoms with E-state index in [1.165, 1.54) is 12.1 Å². The molecule has 0 saturated heterocycles. The molecule has 0 amide bonds. The summed E-state index contributed by atoms with van der Waals surface area (Å²) in [6, 6.07) is 7.76. The van der Waals surface area contributed by atoms with Gasteiger partial charge in [-0.1, -0.05) is 18.2 Å². The van der Waals surface area contributed by atoms with Gasteiger partial charge in [0.1, 0.15) is 0 Å². The van der Waals surface area contributed by atoms with Crippen LogP contribution in [0.25, 0.3) is 0 Å². The van der Waals surface area contributed by atoms with Gasteiger partial charge in [0.05, 0.1) is 4.90 Å². The van der Waals surface area contributed by atoms with Gasteiger partial charge in [-0.05, 0) is 12.1 Å². The highest BCUT2D eigenvalue weighted by atomic mass is 32.2. The maximum atomic E-state index is 12.3. The van der Waals surface area contributed by atoms with Crippen molar-refractivity contribution in [3.63, 3.8) is 0 Å². The first-order chi connectivity index (χ1) is 8.43. The molecule has 18 heavy (non-hydrogen) atoms. The van der Waals surface area contributed by atoms with E-state index in [1.54, 1.807) is 18.2 Å². The van der Waals surface area contributed by atoms with Crippen molar-refractivity contribution in [2.24, 2.45) is 0 Å². The molecule has 0 aliphatic heterocycles. The first kappa shape index (κ1) is 12.1. The Morgan fingerprint density at radius 3 is 1.89 bits per heavy atom. The van der Waals surface area contributed by atoms with Crippen molar-refractivity contribution in [3.8, 4) is 0 Å². The zero-order valence-electron chi connectivity index (χ0n) is 9.24. The van der Waals surface area contributed by atoms with Crippen LogP contribution in [0.4, 0.5) is 17.6 Å². The lowest BCUT2D eigenvalue weighted by Crippen LogP contribution is -2.13. The summed E-state index contributed by atoms with van der Waals surface area (Å²) in [5, 5.41) is 0. The smallest absolute Gasteiger partial charge is 0.224 e. The molecule has 0 radical (unpaired) electrons. The van der Waals surface area contributed by atoms with Crippen LogP contribution in [0.5, 0.6) is 0 Å². The third-order valence-electron chi connectivity index (χ3n) is 2.26. The van der Waals surface area contributed by atoms with E-state index in [0.29, 0.717) is 0 Å². The summed E-state index contributed by atoms with van der Waals surface area (Å²) in [7, 11) is -3.85. The molecule has 0 aliphatic carbocycles. The molecule has 0 saturated carbocycles. The molecular formula is C10H11N5O2S. The lowest BCUT2D eigenvalue weighted by molar-refractivity contribution is 0.596. The van der Waals surface area contributed by atoms with Gasteiger partial charge in [0.2, 0.25) is 15.8 Å². The molecule has 1 aromatic heterocycles. The van der Waals surface area contributed by atoms with Gasteiger partial charge in [0.25, 0.3) is 0 Å². The van der Waals surface area contributed by atoms with Gasteiger partial charge in [0.15, 0.2) is 16.5 Å². The Labute approximate surface area is 104 Å². The topological polar surface area (TPSA) is 138 Å². The molecule has 0 aliphatic rings. The lowest BCUT2D eigenvalue weighted by Gasteiger charge is -2.09. The predicted octanol–water partition coefficient (Wildman–Crippen LogP) is 0.0560. The molecule has 1 heterocycles. The summed E-state index contributed by atoms with van der Waals surface area (Å²) in [6.45, 7) is 0. The average molecular weight is 265 g/mol. The van der Waals surface area contributed by atoms with E-state index in [1.807, 2.05) is 0 Å². The normalized spacial score (nSPS) is 11.3. The third kappa shape index (κ3) is 1.93.